The van der Waals surface area contributed by atoms with Crippen LogP contribution in [0.2, 0.25) is 0 Å². The van der Waals surface area contributed by atoms with Crippen LogP contribution in [0.15, 0.2) is 83.9 Å². The van der Waals surface area contributed by atoms with Crippen molar-refractivity contribution in [2.24, 2.45) is 0 Å². The van der Waals surface area contributed by atoms with Crippen LogP contribution in [-0.4, -0.2) is 53.0 Å². The van der Waals surface area contributed by atoms with E-state index in [2.05, 4.69) is 9.97 Å². The number of benzene rings is 3. The number of fused-ring (bicyclic) bond motifs is 2. The lowest BCUT2D eigenvalue weighted by Gasteiger charge is -2.26. The largest absolute Gasteiger partial charge is 0.505 e. The lowest BCUT2D eigenvalue weighted by molar-refractivity contribution is 0.0451. The lowest BCUT2D eigenvalue weighted by Crippen LogP contribution is -2.42. The van der Waals surface area contributed by atoms with Gasteiger partial charge in [-0.05, 0) is 24.6 Å². The maximum absolute atomic E-state index is 14.0. The van der Waals surface area contributed by atoms with E-state index in [1.165, 1.54) is 30.8 Å². The van der Waals surface area contributed by atoms with Crippen molar-refractivity contribution in [3.05, 3.63) is 101 Å². The van der Waals surface area contributed by atoms with Crippen LogP contribution in [0, 0.1) is 6.92 Å². The second-order valence-corrected chi connectivity index (χ2v) is 10.7. The Balaban J connectivity index is 1.51. The first-order valence-corrected chi connectivity index (χ1v) is 13.5. The van der Waals surface area contributed by atoms with Gasteiger partial charge in [-0.25, -0.2) is 9.97 Å². The Bertz CT molecular complexity index is 1810. The van der Waals surface area contributed by atoms with Gasteiger partial charge >= 0.3 is 10.1 Å². The Kier molecular flexibility index (Phi) is 6.11. The first-order valence-electron chi connectivity index (χ1n) is 12.1. The van der Waals surface area contributed by atoms with E-state index in [0.29, 0.717) is 0 Å². The molecule has 1 unspecified atom stereocenters. The summed E-state index contributed by atoms with van der Waals surface area (Å²) in [5.74, 6) is -2.67. The van der Waals surface area contributed by atoms with E-state index < -0.39 is 50.6 Å². The number of hydrogen-bond acceptors (Lipinski definition) is 10. The van der Waals surface area contributed by atoms with Crippen molar-refractivity contribution in [2.75, 3.05) is 6.79 Å². The molecule has 2 aliphatic heterocycles. The summed E-state index contributed by atoms with van der Waals surface area (Å²) in [5.41, 5.74) is 0.341. The van der Waals surface area contributed by atoms with Gasteiger partial charge in [0.25, 0.3) is 11.8 Å². The van der Waals surface area contributed by atoms with Gasteiger partial charge < -0.3 is 18.8 Å². The molecule has 11 nitrogen and oxygen atoms in total. The molecule has 0 fully saturated rings. The third-order valence-corrected chi connectivity index (χ3v) is 7.86. The van der Waals surface area contributed by atoms with E-state index in [4.69, 9.17) is 13.7 Å². The van der Waals surface area contributed by atoms with E-state index in [1.54, 1.807) is 19.1 Å². The predicted octanol–water partition coefficient (Wildman–Crippen LogP) is 3.46. The molecule has 0 radical (unpaired) electrons. The number of rotatable bonds is 7. The summed E-state index contributed by atoms with van der Waals surface area (Å²) in [4.78, 5) is 36.8. The van der Waals surface area contributed by atoms with Crippen LogP contribution in [0.1, 0.15) is 31.8 Å². The minimum Gasteiger partial charge on any atom is -0.505 e. The number of phenols is 1. The maximum Gasteiger partial charge on any atom is 0.339 e. The molecular weight excluding hydrogens is 538 g/mol. The molecule has 2 amide bonds. The highest BCUT2D eigenvalue weighted by Crippen LogP contribution is 2.45. The topological polar surface area (TPSA) is 145 Å². The van der Waals surface area contributed by atoms with E-state index in [-0.39, 0.29) is 34.9 Å². The summed E-state index contributed by atoms with van der Waals surface area (Å²) >= 11 is 0. The standard InChI is InChI=1S/C28H21N3O8S/c1-16-7-9-18(10-8-16)40(35,36)39-26-22-21(25(32)23-24(26)30-12-11-29-23)27(33)31(28(22)34)19(20-14-37-15-38-20)13-17-5-3-2-4-6-17/h2-12,14,19,32H,13,15H2,1H3. The molecule has 1 atom stereocenters. The zero-order valence-corrected chi connectivity index (χ0v) is 21.8. The number of phenolic OH excluding ortho intramolecular Hbond substituents is 1. The summed E-state index contributed by atoms with van der Waals surface area (Å²) < 4.78 is 42.9. The molecule has 2 aliphatic rings. The zero-order valence-electron chi connectivity index (χ0n) is 21.0. The SMILES string of the molecule is Cc1ccc(S(=O)(=O)Oc2c3c(c(O)c4nccnc24)C(=O)N(C(Cc2ccccc2)C2=COCO2)C3=O)cc1. The fourth-order valence-corrected chi connectivity index (χ4v) is 5.65. The molecule has 4 aromatic rings. The Morgan fingerprint density at radius 3 is 2.33 bits per heavy atom. The van der Waals surface area contributed by atoms with Crippen LogP contribution in [0.25, 0.3) is 11.0 Å². The van der Waals surface area contributed by atoms with Crippen molar-refractivity contribution in [3.8, 4) is 11.5 Å². The van der Waals surface area contributed by atoms with Gasteiger partial charge in [0.1, 0.15) is 39.4 Å². The molecule has 3 heterocycles. The van der Waals surface area contributed by atoms with E-state index in [0.717, 1.165) is 16.0 Å². The Hall–Kier alpha value is -4.97. The molecule has 3 aromatic carbocycles. The first kappa shape index (κ1) is 25.3. The molecule has 40 heavy (non-hydrogen) atoms. The molecule has 0 aliphatic carbocycles. The quantitative estimate of drug-likeness (QED) is 0.264. The van der Waals surface area contributed by atoms with Crippen molar-refractivity contribution in [1.29, 1.82) is 0 Å². The summed E-state index contributed by atoms with van der Waals surface area (Å²) in [7, 11) is -4.49. The molecule has 12 heteroatoms. The molecule has 0 bridgehead atoms. The second-order valence-electron chi connectivity index (χ2n) is 9.17. The normalized spacial score (nSPS) is 15.4. The van der Waals surface area contributed by atoms with Gasteiger partial charge in [-0.1, -0.05) is 48.0 Å². The highest BCUT2D eigenvalue weighted by molar-refractivity contribution is 7.87. The lowest BCUT2D eigenvalue weighted by atomic mass is 10.0. The number of nitrogens with zero attached hydrogens (tertiary/aromatic N) is 3. The zero-order chi connectivity index (χ0) is 28.0. The van der Waals surface area contributed by atoms with Gasteiger partial charge in [-0.3, -0.25) is 14.5 Å². The van der Waals surface area contributed by atoms with E-state index in [1.807, 2.05) is 30.3 Å². The van der Waals surface area contributed by atoms with Crippen LogP contribution in [0.3, 0.4) is 0 Å². The first-order chi connectivity index (χ1) is 19.3. The van der Waals surface area contributed by atoms with E-state index >= 15 is 0 Å². The number of aromatic hydroxyl groups is 1. The number of hydrogen-bond donors (Lipinski definition) is 1. The smallest absolute Gasteiger partial charge is 0.339 e. The Labute approximate surface area is 228 Å². The minimum absolute atomic E-state index is 0.101. The van der Waals surface area contributed by atoms with Crippen LogP contribution >= 0.6 is 0 Å². The number of amides is 2. The number of aromatic nitrogens is 2. The van der Waals surface area contributed by atoms with Crippen LogP contribution < -0.4 is 4.18 Å². The average molecular weight is 560 g/mol. The molecule has 6 rings (SSSR count). The number of ether oxygens (including phenoxy) is 2. The molecule has 202 valence electrons. The van der Waals surface area contributed by atoms with Crippen LogP contribution in [0.5, 0.6) is 11.5 Å². The van der Waals surface area contributed by atoms with Gasteiger partial charge in [0, 0.05) is 18.8 Å². The van der Waals surface area contributed by atoms with Crippen molar-refractivity contribution in [2.45, 2.75) is 24.3 Å². The third-order valence-electron chi connectivity index (χ3n) is 6.62. The number of carbonyl (C=O) groups is 2. The van der Waals surface area contributed by atoms with Gasteiger partial charge in [0.05, 0.1) is 0 Å². The Morgan fingerprint density at radius 2 is 1.65 bits per heavy atom. The Morgan fingerprint density at radius 1 is 0.975 bits per heavy atom. The van der Waals surface area contributed by atoms with Crippen molar-refractivity contribution in [3.63, 3.8) is 0 Å². The number of imide groups is 1. The summed E-state index contributed by atoms with van der Waals surface area (Å²) in [6, 6.07) is 14.0. The summed E-state index contributed by atoms with van der Waals surface area (Å²) in [5, 5.41) is 11.1. The highest BCUT2D eigenvalue weighted by atomic mass is 32.2. The van der Waals surface area contributed by atoms with Gasteiger partial charge in [0.15, 0.2) is 17.3 Å². The van der Waals surface area contributed by atoms with Crippen molar-refractivity contribution < 1.29 is 36.8 Å². The molecule has 0 spiro atoms. The van der Waals surface area contributed by atoms with E-state index in [9.17, 15) is 23.1 Å². The minimum atomic E-state index is -4.49. The molecule has 0 saturated carbocycles. The molecule has 1 N–H and O–H groups in total. The van der Waals surface area contributed by atoms with Crippen molar-refractivity contribution >= 4 is 33.0 Å². The fraction of sp³-hybridized carbons (Fsp3) is 0.143. The molecule has 1 aromatic heterocycles. The highest BCUT2D eigenvalue weighted by Gasteiger charge is 2.48. The van der Waals surface area contributed by atoms with Crippen molar-refractivity contribution in [1.82, 2.24) is 14.9 Å². The third kappa shape index (κ3) is 4.18. The second kappa shape index (κ2) is 9.65. The van der Waals surface area contributed by atoms with Crippen LogP contribution in [0.4, 0.5) is 0 Å². The average Bonchev–Trinajstić information content (AvgIpc) is 3.57. The predicted molar refractivity (Wildman–Crippen MR) is 140 cm³/mol. The maximum atomic E-state index is 14.0. The van der Waals surface area contributed by atoms with Gasteiger partial charge in [-0.2, -0.15) is 8.42 Å². The molecule has 0 saturated heterocycles. The summed E-state index contributed by atoms with van der Waals surface area (Å²) in [6.45, 7) is 1.70. The molecular formula is C28H21N3O8S. The number of aryl methyl sites for hydroxylation is 1. The fourth-order valence-electron chi connectivity index (χ4n) is 4.70. The monoisotopic (exact) mass is 559 g/mol. The van der Waals surface area contributed by atoms with Gasteiger partial charge in [-0.15, -0.1) is 0 Å². The van der Waals surface area contributed by atoms with Crippen LogP contribution in [-0.2, 0) is 26.0 Å². The number of carbonyl (C=O) groups excluding carboxylic acids is 2. The summed E-state index contributed by atoms with van der Waals surface area (Å²) in [6.07, 6.45) is 4.00. The van der Waals surface area contributed by atoms with Gasteiger partial charge in [0.2, 0.25) is 6.79 Å².